The Morgan fingerprint density at radius 2 is 1.97 bits per heavy atom. The molecule has 3 heterocycles. The molecule has 0 radical (unpaired) electrons. The molecule has 5 rings (SSSR count). The molecule has 1 atom stereocenters. The molecule has 2 aliphatic rings. The smallest absolute Gasteiger partial charge is 0.272 e. The molecule has 10 heteroatoms. The van der Waals surface area contributed by atoms with Crippen LogP contribution in [0, 0.1) is 5.82 Å². The van der Waals surface area contributed by atoms with Crippen LogP contribution in [0.3, 0.4) is 0 Å². The van der Waals surface area contributed by atoms with Gasteiger partial charge in [-0.3, -0.25) is 14.4 Å². The average Bonchev–Trinajstić information content (AvgIpc) is 3.20. The van der Waals surface area contributed by atoms with Crippen molar-refractivity contribution in [2.24, 2.45) is 7.05 Å². The van der Waals surface area contributed by atoms with E-state index in [9.17, 15) is 18.8 Å². The third kappa shape index (κ3) is 3.64. The van der Waals surface area contributed by atoms with Crippen molar-refractivity contribution in [2.75, 3.05) is 25.0 Å². The summed E-state index contributed by atoms with van der Waals surface area (Å²) in [5.74, 6) is -1.49. The molecule has 0 aliphatic carbocycles. The number of carbonyl (C=O) groups excluding carboxylic acids is 3. The third-order valence-corrected chi connectivity index (χ3v) is 6.25. The van der Waals surface area contributed by atoms with Crippen LogP contribution < -0.4 is 5.32 Å². The van der Waals surface area contributed by atoms with E-state index >= 15 is 0 Å². The van der Waals surface area contributed by atoms with Crippen LogP contribution in [0.1, 0.15) is 20.8 Å². The Morgan fingerprint density at radius 1 is 1.15 bits per heavy atom. The van der Waals surface area contributed by atoms with E-state index in [0.717, 1.165) is 0 Å². The maximum atomic E-state index is 14.4. The second-order valence-electron chi connectivity index (χ2n) is 8.03. The van der Waals surface area contributed by atoms with E-state index in [0.29, 0.717) is 22.5 Å². The van der Waals surface area contributed by atoms with Crippen LogP contribution in [0.5, 0.6) is 0 Å². The monoisotopic (exact) mass is 467 g/mol. The lowest BCUT2D eigenvalue weighted by Gasteiger charge is -2.39. The summed E-state index contributed by atoms with van der Waals surface area (Å²) in [5.41, 5.74) is 1.82. The quantitative estimate of drug-likeness (QED) is 0.628. The molecule has 0 saturated carbocycles. The number of carbonyl (C=O) groups is 3. The number of nitrogens with one attached hydrogen (secondary N) is 1. The summed E-state index contributed by atoms with van der Waals surface area (Å²) >= 11 is 5.85. The van der Waals surface area contributed by atoms with Gasteiger partial charge in [0.05, 0.1) is 30.3 Å². The minimum absolute atomic E-state index is 0.0637. The van der Waals surface area contributed by atoms with Gasteiger partial charge in [-0.1, -0.05) is 17.7 Å². The Bertz CT molecular complexity index is 1310. The van der Waals surface area contributed by atoms with Crippen LogP contribution >= 0.6 is 11.6 Å². The van der Waals surface area contributed by atoms with Crippen molar-refractivity contribution in [1.29, 1.82) is 0 Å². The number of hydrogen-bond acceptors (Lipinski definition) is 4. The molecule has 3 aromatic rings. The number of fused-ring (bicyclic) bond motifs is 2. The molecular weight excluding hydrogens is 449 g/mol. The lowest BCUT2D eigenvalue weighted by Crippen LogP contribution is -2.59. The van der Waals surface area contributed by atoms with Gasteiger partial charge in [0, 0.05) is 30.7 Å². The summed E-state index contributed by atoms with van der Waals surface area (Å²) in [6, 6.07) is 8.29. The highest BCUT2D eigenvalue weighted by atomic mass is 35.5. The number of nitrogens with zero attached hydrogens (tertiary/aromatic N) is 4. The molecule has 1 saturated heterocycles. The van der Waals surface area contributed by atoms with Gasteiger partial charge in [0.1, 0.15) is 17.6 Å². The zero-order valence-electron chi connectivity index (χ0n) is 17.6. The highest BCUT2D eigenvalue weighted by Gasteiger charge is 2.41. The van der Waals surface area contributed by atoms with Gasteiger partial charge in [-0.05, 0) is 35.9 Å². The van der Waals surface area contributed by atoms with Crippen molar-refractivity contribution in [3.05, 3.63) is 71.0 Å². The number of halogens is 2. The molecule has 1 fully saturated rings. The number of benzene rings is 2. The zero-order valence-corrected chi connectivity index (χ0v) is 18.3. The number of rotatable bonds is 2. The van der Waals surface area contributed by atoms with E-state index < -0.39 is 11.9 Å². The number of piperazine rings is 1. The summed E-state index contributed by atoms with van der Waals surface area (Å²) in [6.07, 6.45) is 3.00. The maximum absolute atomic E-state index is 14.4. The van der Waals surface area contributed by atoms with Crippen molar-refractivity contribution < 1.29 is 18.8 Å². The molecule has 8 nitrogen and oxygen atoms in total. The molecule has 3 amide bonds. The zero-order chi connectivity index (χ0) is 23.3. The van der Waals surface area contributed by atoms with E-state index in [2.05, 4.69) is 10.3 Å². The Hall–Kier alpha value is -3.72. The number of imidazole rings is 1. The highest BCUT2D eigenvalue weighted by molar-refractivity contribution is 6.30. The minimum atomic E-state index is -0.841. The Kier molecular flexibility index (Phi) is 5.13. The summed E-state index contributed by atoms with van der Waals surface area (Å²) in [4.78, 5) is 46.3. The summed E-state index contributed by atoms with van der Waals surface area (Å²) in [6.45, 7) is 0.536. The normalized spacial score (nSPS) is 17.8. The maximum Gasteiger partial charge on any atom is 0.272 e. The third-order valence-electron chi connectivity index (χ3n) is 6.02. The first-order chi connectivity index (χ1) is 15.8. The van der Waals surface area contributed by atoms with E-state index in [1.54, 1.807) is 46.8 Å². The van der Waals surface area contributed by atoms with E-state index in [-0.39, 0.29) is 47.9 Å². The Labute approximate surface area is 193 Å². The summed E-state index contributed by atoms with van der Waals surface area (Å²) < 4.78 is 16.1. The Morgan fingerprint density at radius 3 is 2.70 bits per heavy atom. The standard InChI is InChI=1S/C23H19ClFN5O3/c1-28-12-26-10-19(28)23(33)29-6-7-30-20(11-29)21(31)27-18-5-2-13(8-16(18)22(30)32)15-4-3-14(24)9-17(15)25/h2-5,8-10,12,20H,6-7,11H2,1H3,(H,27,31). The van der Waals surface area contributed by atoms with Gasteiger partial charge in [0.25, 0.3) is 11.8 Å². The molecule has 2 aromatic carbocycles. The predicted molar refractivity (Wildman–Crippen MR) is 119 cm³/mol. The molecule has 1 unspecified atom stereocenters. The number of aryl methyl sites for hydroxylation is 1. The number of aromatic nitrogens is 2. The van der Waals surface area contributed by atoms with E-state index in [4.69, 9.17) is 11.6 Å². The van der Waals surface area contributed by atoms with Crippen LogP contribution in [0.4, 0.5) is 10.1 Å². The minimum Gasteiger partial charge on any atom is -0.333 e. The second-order valence-corrected chi connectivity index (χ2v) is 8.47. The van der Waals surface area contributed by atoms with E-state index in [1.165, 1.54) is 23.5 Å². The van der Waals surface area contributed by atoms with Gasteiger partial charge in [-0.15, -0.1) is 0 Å². The second kappa shape index (κ2) is 8.00. The van der Waals surface area contributed by atoms with Gasteiger partial charge in [-0.25, -0.2) is 9.37 Å². The fourth-order valence-electron chi connectivity index (χ4n) is 4.25. The predicted octanol–water partition coefficient (Wildman–Crippen LogP) is 2.80. The topological polar surface area (TPSA) is 87.5 Å². The number of anilines is 1. The van der Waals surface area contributed by atoms with Gasteiger partial charge < -0.3 is 19.7 Å². The molecular formula is C23H19ClFN5O3. The number of hydrogen-bond donors (Lipinski definition) is 1. The molecule has 0 bridgehead atoms. The van der Waals surface area contributed by atoms with Crippen molar-refractivity contribution in [2.45, 2.75) is 6.04 Å². The fourth-order valence-corrected chi connectivity index (χ4v) is 4.41. The first-order valence-corrected chi connectivity index (χ1v) is 10.7. The van der Waals surface area contributed by atoms with Crippen molar-refractivity contribution in [1.82, 2.24) is 19.4 Å². The van der Waals surface area contributed by atoms with Crippen molar-refractivity contribution >= 4 is 35.0 Å². The average molecular weight is 468 g/mol. The fraction of sp³-hybridized carbons (Fsp3) is 0.217. The van der Waals surface area contributed by atoms with Gasteiger partial charge in [0.2, 0.25) is 5.91 Å². The summed E-state index contributed by atoms with van der Waals surface area (Å²) in [5, 5.41) is 3.06. The van der Waals surface area contributed by atoms with Crippen LogP contribution in [-0.2, 0) is 11.8 Å². The van der Waals surface area contributed by atoms with Crippen LogP contribution in [0.15, 0.2) is 48.9 Å². The van der Waals surface area contributed by atoms with Gasteiger partial charge in [-0.2, -0.15) is 0 Å². The first-order valence-electron chi connectivity index (χ1n) is 10.3. The lowest BCUT2D eigenvalue weighted by atomic mass is 10.0. The van der Waals surface area contributed by atoms with Gasteiger partial charge >= 0.3 is 0 Å². The molecule has 2 aliphatic heterocycles. The number of amides is 3. The SMILES string of the molecule is Cn1cncc1C(=O)N1CCN2C(=O)c3cc(-c4ccc(Cl)cc4F)ccc3NC(=O)C2C1. The van der Waals surface area contributed by atoms with E-state index in [1.807, 2.05) is 0 Å². The molecule has 1 N–H and O–H groups in total. The Balaban J connectivity index is 1.45. The van der Waals surface area contributed by atoms with Crippen molar-refractivity contribution in [3.8, 4) is 11.1 Å². The van der Waals surface area contributed by atoms with Crippen molar-refractivity contribution in [3.63, 3.8) is 0 Å². The lowest BCUT2D eigenvalue weighted by molar-refractivity contribution is -0.121. The molecule has 1 aromatic heterocycles. The highest BCUT2D eigenvalue weighted by Crippen LogP contribution is 2.32. The van der Waals surface area contributed by atoms with Crippen LogP contribution in [0.25, 0.3) is 11.1 Å². The van der Waals surface area contributed by atoms with Crippen LogP contribution in [0.2, 0.25) is 5.02 Å². The van der Waals surface area contributed by atoms with Crippen LogP contribution in [-0.4, -0.2) is 62.7 Å². The molecule has 168 valence electrons. The molecule has 0 spiro atoms. The summed E-state index contributed by atoms with van der Waals surface area (Å²) in [7, 11) is 1.72. The largest absolute Gasteiger partial charge is 0.333 e. The molecule has 33 heavy (non-hydrogen) atoms. The first kappa shape index (κ1) is 21.1. The van der Waals surface area contributed by atoms with Gasteiger partial charge in [0.15, 0.2) is 0 Å².